The van der Waals surface area contributed by atoms with Crippen LogP contribution in [0.4, 0.5) is 30.2 Å². The summed E-state index contributed by atoms with van der Waals surface area (Å²) in [5.74, 6) is -1.40. The summed E-state index contributed by atoms with van der Waals surface area (Å²) in [6.07, 6.45) is 0.817. The normalized spacial score (nSPS) is 13.6. The fourth-order valence-corrected chi connectivity index (χ4v) is 2.57. The summed E-state index contributed by atoms with van der Waals surface area (Å²) < 4.78 is 42.4. The number of rotatable bonds is 3. The van der Waals surface area contributed by atoms with E-state index in [1.54, 1.807) is 0 Å². The van der Waals surface area contributed by atoms with Gasteiger partial charge in [-0.3, -0.25) is 0 Å². The average molecular weight is 294 g/mol. The summed E-state index contributed by atoms with van der Waals surface area (Å²) in [5, 5.41) is 0. The standard InChI is InChI=1S/C15H13F3N2O/c16-10-7-11(19)13(8-14(10)21-15(17)18)20-6-5-9-3-1-2-4-12(9)20/h1-4,7-8,15H,5-6,19H2. The van der Waals surface area contributed by atoms with Crippen molar-refractivity contribution in [2.24, 2.45) is 0 Å². The smallest absolute Gasteiger partial charge is 0.387 e. The number of nitrogen functional groups attached to an aromatic ring is 1. The molecule has 1 aliphatic heterocycles. The van der Waals surface area contributed by atoms with Crippen LogP contribution in [0, 0.1) is 5.82 Å². The van der Waals surface area contributed by atoms with Crippen molar-refractivity contribution in [2.75, 3.05) is 17.2 Å². The molecule has 0 bridgehead atoms. The zero-order chi connectivity index (χ0) is 15.0. The lowest BCUT2D eigenvalue weighted by Gasteiger charge is -2.22. The highest BCUT2D eigenvalue weighted by Gasteiger charge is 2.23. The molecule has 0 radical (unpaired) electrons. The van der Waals surface area contributed by atoms with Crippen molar-refractivity contribution in [2.45, 2.75) is 13.0 Å². The molecule has 21 heavy (non-hydrogen) atoms. The number of para-hydroxylation sites is 1. The van der Waals surface area contributed by atoms with Crippen LogP contribution in [0.15, 0.2) is 36.4 Å². The molecule has 110 valence electrons. The minimum atomic E-state index is -3.08. The first-order chi connectivity index (χ1) is 10.1. The van der Waals surface area contributed by atoms with E-state index in [1.165, 1.54) is 6.07 Å². The van der Waals surface area contributed by atoms with Crippen LogP contribution in [0.1, 0.15) is 5.56 Å². The maximum absolute atomic E-state index is 13.6. The topological polar surface area (TPSA) is 38.5 Å². The van der Waals surface area contributed by atoms with E-state index >= 15 is 0 Å². The Bertz CT molecular complexity index is 676. The van der Waals surface area contributed by atoms with Gasteiger partial charge in [0.25, 0.3) is 0 Å². The van der Waals surface area contributed by atoms with Crippen LogP contribution in [0.5, 0.6) is 5.75 Å². The summed E-state index contributed by atoms with van der Waals surface area (Å²) in [5.41, 5.74) is 8.57. The van der Waals surface area contributed by atoms with Crippen molar-refractivity contribution >= 4 is 17.1 Å². The third kappa shape index (κ3) is 2.49. The number of anilines is 3. The van der Waals surface area contributed by atoms with Gasteiger partial charge in [-0.2, -0.15) is 8.78 Å². The molecule has 0 amide bonds. The van der Waals surface area contributed by atoms with E-state index in [0.717, 1.165) is 23.7 Å². The van der Waals surface area contributed by atoms with E-state index in [4.69, 9.17) is 5.73 Å². The Morgan fingerprint density at radius 1 is 1.14 bits per heavy atom. The third-order valence-electron chi connectivity index (χ3n) is 3.48. The molecule has 1 aliphatic rings. The van der Waals surface area contributed by atoms with E-state index in [1.807, 2.05) is 29.2 Å². The van der Waals surface area contributed by atoms with Crippen LogP contribution in [0.25, 0.3) is 0 Å². The van der Waals surface area contributed by atoms with Gasteiger partial charge in [0.1, 0.15) is 0 Å². The van der Waals surface area contributed by atoms with Crippen LogP contribution in [-0.4, -0.2) is 13.2 Å². The van der Waals surface area contributed by atoms with Crippen molar-refractivity contribution in [3.05, 3.63) is 47.8 Å². The second kappa shape index (κ2) is 5.20. The second-order valence-corrected chi connectivity index (χ2v) is 4.75. The fourth-order valence-electron chi connectivity index (χ4n) is 2.57. The number of fused-ring (bicyclic) bond motifs is 1. The first kappa shape index (κ1) is 13.6. The van der Waals surface area contributed by atoms with Gasteiger partial charge >= 0.3 is 6.61 Å². The minimum absolute atomic E-state index is 0.186. The van der Waals surface area contributed by atoms with Crippen molar-refractivity contribution in [1.29, 1.82) is 0 Å². The monoisotopic (exact) mass is 294 g/mol. The van der Waals surface area contributed by atoms with Gasteiger partial charge in [-0.25, -0.2) is 4.39 Å². The molecular formula is C15H13F3N2O. The number of hydrogen-bond acceptors (Lipinski definition) is 3. The molecule has 0 atom stereocenters. The summed E-state index contributed by atoms with van der Waals surface area (Å²) in [6.45, 7) is -2.43. The Morgan fingerprint density at radius 3 is 2.67 bits per heavy atom. The second-order valence-electron chi connectivity index (χ2n) is 4.75. The number of benzene rings is 2. The number of nitrogens with two attached hydrogens (primary N) is 1. The van der Waals surface area contributed by atoms with E-state index in [-0.39, 0.29) is 5.69 Å². The number of alkyl halides is 2. The van der Waals surface area contributed by atoms with Gasteiger partial charge in [-0.05, 0) is 18.1 Å². The number of hydrogen-bond donors (Lipinski definition) is 1. The van der Waals surface area contributed by atoms with Gasteiger partial charge in [0, 0.05) is 24.4 Å². The van der Waals surface area contributed by atoms with E-state index < -0.39 is 18.2 Å². The molecule has 0 fully saturated rings. The highest BCUT2D eigenvalue weighted by atomic mass is 19.3. The lowest BCUT2D eigenvalue weighted by molar-refractivity contribution is -0.0521. The highest BCUT2D eigenvalue weighted by molar-refractivity contribution is 5.79. The molecule has 0 aliphatic carbocycles. The zero-order valence-electron chi connectivity index (χ0n) is 11.0. The molecule has 0 saturated heterocycles. The molecule has 2 N–H and O–H groups in total. The predicted molar refractivity (Wildman–Crippen MR) is 74.6 cm³/mol. The lowest BCUT2D eigenvalue weighted by atomic mass is 10.1. The quantitative estimate of drug-likeness (QED) is 0.877. The number of ether oxygens (including phenoxy) is 1. The van der Waals surface area contributed by atoms with E-state index in [0.29, 0.717) is 12.2 Å². The molecule has 1 heterocycles. The first-order valence-corrected chi connectivity index (χ1v) is 6.45. The summed E-state index contributed by atoms with van der Waals surface area (Å²) in [4.78, 5) is 1.88. The van der Waals surface area contributed by atoms with Crippen LogP contribution in [-0.2, 0) is 6.42 Å². The molecule has 0 saturated carbocycles. The van der Waals surface area contributed by atoms with Crippen molar-refractivity contribution in [3.63, 3.8) is 0 Å². The molecular weight excluding hydrogens is 281 g/mol. The molecule has 6 heteroatoms. The Balaban J connectivity index is 2.03. The molecule has 2 aromatic rings. The predicted octanol–water partition coefficient (Wildman–Crippen LogP) is 3.70. The molecule has 2 aromatic carbocycles. The lowest BCUT2D eigenvalue weighted by Crippen LogP contribution is -2.16. The highest BCUT2D eigenvalue weighted by Crippen LogP contribution is 2.40. The zero-order valence-corrected chi connectivity index (χ0v) is 11.0. The summed E-state index contributed by atoms with van der Waals surface area (Å²) in [6, 6.07) is 9.95. The minimum Gasteiger partial charge on any atom is -0.432 e. The van der Waals surface area contributed by atoms with Crippen LogP contribution < -0.4 is 15.4 Å². The van der Waals surface area contributed by atoms with Crippen molar-refractivity contribution in [1.82, 2.24) is 0 Å². The largest absolute Gasteiger partial charge is 0.432 e. The maximum atomic E-state index is 13.6. The van der Waals surface area contributed by atoms with Crippen molar-refractivity contribution < 1.29 is 17.9 Å². The average Bonchev–Trinajstić information content (AvgIpc) is 2.85. The Labute approximate surface area is 119 Å². The van der Waals surface area contributed by atoms with Gasteiger partial charge < -0.3 is 15.4 Å². The Morgan fingerprint density at radius 2 is 1.90 bits per heavy atom. The van der Waals surface area contributed by atoms with Gasteiger partial charge in [0.05, 0.1) is 11.4 Å². The van der Waals surface area contributed by atoms with Gasteiger partial charge in [0.2, 0.25) is 0 Å². The molecule has 3 nitrogen and oxygen atoms in total. The van der Waals surface area contributed by atoms with Crippen LogP contribution in [0.2, 0.25) is 0 Å². The Hall–Kier alpha value is -2.37. The Kier molecular flexibility index (Phi) is 3.37. The summed E-state index contributed by atoms with van der Waals surface area (Å²) >= 11 is 0. The van der Waals surface area contributed by atoms with Gasteiger partial charge in [0.15, 0.2) is 11.6 Å². The van der Waals surface area contributed by atoms with Crippen LogP contribution >= 0.6 is 0 Å². The molecule has 3 rings (SSSR count). The summed E-state index contributed by atoms with van der Waals surface area (Å²) in [7, 11) is 0. The maximum Gasteiger partial charge on any atom is 0.387 e. The fraction of sp³-hybridized carbons (Fsp3) is 0.200. The van der Waals surface area contributed by atoms with Gasteiger partial charge in [-0.1, -0.05) is 18.2 Å². The SMILES string of the molecule is Nc1cc(F)c(OC(F)F)cc1N1CCc2ccccc21. The molecule has 0 spiro atoms. The first-order valence-electron chi connectivity index (χ1n) is 6.45. The van der Waals surface area contributed by atoms with Crippen molar-refractivity contribution in [3.8, 4) is 5.75 Å². The van der Waals surface area contributed by atoms with Crippen LogP contribution in [0.3, 0.4) is 0 Å². The molecule has 0 unspecified atom stereocenters. The van der Waals surface area contributed by atoms with E-state index in [9.17, 15) is 13.2 Å². The molecule has 0 aromatic heterocycles. The number of halogens is 3. The van der Waals surface area contributed by atoms with E-state index in [2.05, 4.69) is 4.74 Å². The van der Waals surface area contributed by atoms with Gasteiger partial charge in [-0.15, -0.1) is 0 Å². The third-order valence-corrected chi connectivity index (χ3v) is 3.48. The number of nitrogens with zero attached hydrogens (tertiary/aromatic N) is 1.